The minimum Gasteiger partial charge on any atom is -0.335 e. The highest BCUT2D eigenvalue weighted by Gasteiger charge is 2.22. The fraction of sp³-hybridized carbons (Fsp3) is 0.417. The third-order valence-electron chi connectivity index (χ3n) is 2.86. The summed E-state index contributed by atoms with van der Waals surface area (Å²) in [6.07, 6.45) is 0. The molecule has 0 aromatic heterocycles. The van der Waals surface area contributed by atoms with E-state index in [4.69, 9.17) is 5.14 Å². The first kappa shape index (κ1) is 14.4. The van der Waals surface area contributed by atoms with Crippen molar-refractivity contribution in [3.8, 4) is 0 Å². The lowest BCUT2D eigenvalue weighted by Gasteiger charge is -2.12. The lowest BCUT2D eigenvalue weighted by Crippen LogP contribution is -2.13. The average Bonchev–Trinajstić information content (AvgIpc) is 2.77. The van der Waals surface area contributed by atoms with Gasteiger partial charge in [-0.1, -0.05) is 25.6 Å². The van der Waals surface area contributed by atoms with Gasteiger partial charge < -0.3 is 5.32 Å². The van der Waals surface area contributed by atoms with Gasteiger partial charge in [0.05, 0.1) is 11.4 Å². The van der Waals surface area contributed by atoms with E-state index in [1.807, 2.05) is 0 Å². The van der Waals surface area contributed by atoms with E-state index in [1.165, 1.54) is 12.1 Å². The Kier molecular flexibility index (Phi) is 4.17. The minimum atomic E-state index is -3.63. The molecule has 0 bridgehead atoms. The van der Waals surface area contributed by atoms with Crippen molar-refractivity contribution in [2.24, 2.45) is 16.0 Å². The Hall–Kier alpha value is -1.05. The van der Waals surface area contributed by atoms with Gasteiger partial charge in [-0.25, -0.2) is 13.6 Å². The van der Waals surface area contributed by atoms with Crippen molar-refractivity contribution >= 4 is 32.6 Å². The number of sulfonamides is 1. The maximum Gasteiger partial charge on any atom is 0.238 e. The molecule has 1 aliphatic rings. The third kappa shape index (κ3) is 3.71. The number of rotatable bonds is 3. The minimum absolute atomic E-state index is 0.110. The zero-order valence-electron chi connectivity index (χ0n) is 10.8. The molecule has 104 valence electrons. The molecule has 0 spiro atoms. The normalized spacial score (nSPS) is 19.6. The van der Waals surface area contributed by atoms with Crippen LogP contribution in [0.2, 0.25) is 0 Å². The van der Waals surface area contributed by atoms with Gasteiger partial charge in [0.15, 0.2) is 5.17 Å². The van der Waals surface area contributed by atoms with Crippen LogP contribution in [0.25, 0.3) is 0 Å². The number of nitrogens with zero attached hydrogens (tertiary/aromatic N) is 1. The number of nitrogens with one attached hydrogen (secondary N) is 1. The summed E-state index contributed by atoms with van der Waals surface area (Å²) < 4.78 is 22.3. The van der Waals surface area contributed by atoms with Crippen molar-refractivity contribution in [1.29, 1.82) is 0 Å². The lowest BCUT2D eigenvalue weighted by molar-refractivity contribution is 0.598. The monoisotopic (exact) mass is 299 g/mol. The van der Waals surface area contributed by atoms with Crippen LogP contribution in [0, 0.1) is 5.92 Å². The van der Waals surface area contributed by atoms with Gasteiger partial charge in [-0.15, -0.1) is 0 Å². The number of hydrogen-bond donors (Lipinski definition) is 2. The topological polar surface area (TPSA) is 84.5 Å². The zero-order valence-corrected chi connectivity index (χ0v) is 12.5. The highest BCUT2D eigenvalue weighted by Crippen LogP contribution is 2.27. The molecule has 0 amide bonds. The van der Waals surface area contributed by atoms with Gasteiger partial charge in [0, 0.05) is 10.9 Å². The molecule has 0 saturated heterocycles. The summed E-state index contributed by atoms with van der Waals surface area (Å²) in [4.78, 5) is 4.54. The van der Waals surface area contributed by atoms with E-state index < -0.39 is 10.0 Å². The van der Waals surface area contributed by atoms with Crippen molar-refractivity contribution in [3.05, 3.63) is 24.3 Å². The Labute approximate surface area is 117 Å². The molecule has 1 heterocycles. The van der Waals surface area contributed by atoms with E-state index in [2.05, 4.69) is 24.2 Å². The molecular formula is C12H17N3O2S2. The number of hydrogen-bond acceptors (Lipinski definition) is 5. The summed E-state index contributed by atoms with van der Waals surface area (Å²) in [5.41, 5.74) is 0.808. The van der Waals surface area contributed by atoms with E-state index in [0.29, 0.717) is 11.2 Å². The quantitative estimate of drug-likeness (QED) is 0.892. The summed E-state index contributed by atoms with van der Waals surface area (Å²) in [5.74, 6) is 0.581. The van der Waals surface area contributed by atoms with Crippen molar-refractivity contribution in [3.63, 3.8) is 0 Å². The molecule has 1 aromatic rings. The Bertz CT molecular complexity index is 579. The summed E-state index contributed by atoms with van der Waals surface area (Å²) in [6, 6.07) is 6.34. The number of nitrogens with two attached hydrogens (primary N) is 1. The summed E-state index contributed by atoms with van der Waals surface area (Å²) in [6.45, 7) is 5.17. The van der Waals surface area contributed by atoms with Crippen LogP contribution in [0.1, 0.15) is 13.8 Å². The first-order chi connectivity index (χ1) is 8.86. The van der Waals surface area contributed by atoms with E-state index in [1.54, 1.807) is 23.9 Å². The second-order valence-corrected chi connectivity index (χ2v) is 7.53. The van der Waals surface area contributed by atoms with Gasteiger partial charge in [-0.05, 0) is 30.2 Å². The van der Waals surface area contributed by atoms with Crippen molar-refractivity contribution in [2.75, 3.05) is 11.9 Å². The van der Waals surface area contributed by atoms with Gasteiger partial charge in [-0.3, -0.25) is 4.99 Å². The molecule has 1 aromatic carbocycles. The standard InChI is InChI=1S/C12H17N3O2S2/c1-8(2)11-7-14-12(18-11)15-9-3-5-10(6-4-9)19(13,16)17/h3-6,8,11H,7H2,1-2H3,(H,14,15)(H2,13,16,17). The van der Waals surface area contributed by atoms with E-state index in [-0.39, 0.29) is 4.90 Å². The molecule has 1 atom stereocenters. The molecule has 0 fully saturated rings. The van der Waals surface area contributed by atoms with Crippen molar-refractivity contribution in [1.82, 2.24) is 0 Å². The predicted molar refractivity (Wildman–Crippen MR) is 80.0 cm³/mol. The van der Waals surface area contributed by atoms with Crippen molar-refractivity contribution < 1.29 is 8.42 Å². The predicted octanol–water partition coefficient (Wildman–Crippen LogP) is 1.87. The molecule has 0 saturated carbocycles. The molecule has 7 heteroatoms. The Morgan fingerprint density at radius 2 is 2.00 bits per heavy atom. The fourth-order valence-electron chi connectivity index (χ4n) is 1.66. The number of aliphatic imine (C=N–C) groups is 1. The Morgan fingerprint density at radius 3 is 2.47 bits per heavy atom. The van der Waals surface area contributed by atoms with E-state index in [9.17, 15) is 8.42 Å². The number of thioether (sulfide) groups is 1. The average molecular weight is 299 g/mol. The molecule has 0 radical (unpaired) electrons. The van der Waals surface area contributed by atoms with Crippen molar-refractivity contribution in [2.45, 2.75) is 24.0 Å². The highest BCUT2D eigenvalue weighted by atomic mass is 32.2. The van der Waals surface area contributed by atoms with Crippen LogP contribution < -0.4 is 10.5 Å². The third-order valence-corrected chi connectivity index (χ3v) is 5.24. The van der Waals surface area contributed by atoms with Gasteiger partial charge in [0.1, 0.15) is 0 Å². The Balaban J connectivity index is 2.02. The highest BCUT2D eigenvalue weighted by molar-refractivity contribution is 8.15. The van der Waals surface area contributed by atoms with Crippen LogP contribution in [0.3, 0.4) is 0 Å². The lowest BCUT2D eigenvalue weighted by atomic mass is 10.1. The Morgan fingerprint density at radius 1 is 1.37 bits per heavy atom. The van der Waals surface area contributed by atoms with E-state index >= 15 is 0 Å². The maximum absolute atomic E-state index is 11.1. The van der Waals surface area contributed by atoms with Crippen LogP contribution in [-0.2, 0) is 10.0 Å². The molecule has 5 nitrogen and oxygen atoms in total. The largest absolute Gasteiger partial charge is 0.335 e. The first-order valence-electron chi connectivity index (χ1n) is 5.97. The molecule has 19 heavy (non-hydrogen) atoms. The van der Waals surface area contributed by atoms with Crippen LogP contribution in [-0.4, -0.2) is 25.4 Å². The number of benzene rings is 1. The smallest absolute Gasteiger partial charge is 0.238 e. The van der Waals surface area contributed by atoms with Gasteiger partial charge >= 0.3 is 0 Å². The molecule has 1 unspecified atom stereocenters. The van der Waals surface area contributed by atoms with Gasteiger partial charge in [0.25, 0.3) is 0 Å². The SMILES string of the molecule is CC(C)C1CN=C(Nc2ccc(S(N)(=O)=O)cc2)S1. The molecule has 3 N–H and O–H groups in total. The zero-order chi connectivity index (χ0) is 14.0. The van der Waals surface area contributed by atoms with Crippen LogP contribution in [0.15, 0.2) is 34.2 Å². The van der Waals surface area contributed by atoms with E-state index in [0.717, 1.165) is 17.4 Å². The second-order valence-electron chi connectivity index (χ2n) is 4.74. The maximum atomic E-state index is 11.1. The van der Waals surface area contributed by atoms with Gasteiger partial charge in [0.2, 0.25) is 10.0 Å². The summed E-state index contributed by atoms with van der Waals surface area (Å²) in [5, 5.41) is 9.61. The first-order valence-corrected chi connectivity index (χ1v) is 8.40. The van der Waals surface area contributed by atoms with Gasteiger partial charge in [-0.2, -0.15) is 0 Å². The molecular weight excluding hydrogens is 282 g/mol. The second kappa shape index (κ2) is 5.52. The number of anilines is 1. The summed E-state index contributed by atoms with van der Waals surface area (Å²) >= 11 is 1.72. The molecule has 1 aliphatic heterocycles. The van der Waals surface area contributed by atoms with Crippen LogP contribution in [0.5, 0.6) is 0 Å². The number of amidine groups is 1. The molecule has 2 rings (SSSR count). The van der Waals surface area contributed by atoms with Crippen LogP contribution in [0.4, 0.5) is 5.69 Å². The number of primary sulfonamides is 1. The summed E-state index contributed by atoms with van der Waals surface area (Å²) in [7, 11) is -3.63. The fourth-order valence-corrected chi connectivity index (χ4v) is 3.21. The van der Waals surface area contributed by atoms with Crippen LogP contribution >= 0.6 is 11.8 Å². The molecule has 0 aliphatic carbocycles.